The van der Waals surface area contributed by atoms with Crippen LogP contribution in [0.3, 0.4) is 0 Å². The molecule has 0 aliphatic heterocycles. The Kier molecular flexibility index (Phi) is 5.49. The summed E-state index contributed by atoms with van der Waals surface area (Å²) >= 11 is 1.44. The van der Waals surface area contributed by atoms with Crippen molar-refractivity contribution >= 4 is 54.5 Å². The SMILES string of the molecule is COc1ccc(Cn2c(=O)n(C)c3c4cc(-c5ccc6nc(NC(C)=O)sc6c5)ccc4ncc32)cc1. The van der Waals surface area contributed by atoms with E-state index in [1.807, 2.05) is 48.5 Å². The minimum absolute atomic E-state index is 0.0953. The Hall–Kier alpha value is -4.50. The van der Waals surface area contributed by atoms with Gasteiger partial charge in [-0.3, -0.25) is 18.9 Å². The predicted octanol–water partition coefficient (Wildman–Crippen LogP) is 5.18. The average Bonchev–Trinajstić information content (AvgIpc) is 3.41. The molecule has 3 aromatic carbocycles. The number of methoxy groups -OCH3 is 1. The Bertz CT molecular complexity index is 1880. The number of anilines is 1. The van der Waals surface area contributed by atoms with Gasteiger partial charge in [0.15, 0.2) is 5.13 Å². The summed E-state index contributed by atoms with van der Waals surface area (Å²) in [5, 5.41) is 4.24. The monoisotopic (exact) mass is 509 g/mol. The first-order chi connectivity index (χ1) is 17.9. The first kappa shape index (κ1) is 22.9. The highest BCUT2D eigenvalue weighted by Crippen LogP contribution is 2.33. The molecule has 6 rings (SSSR count). The van der Waals surface area contributed by atoms with Crippen LogP contribution in [-0.4, -0.2) is 32.1 Å². The number of imidazole rings is 1. The summed E-state index contributed by atoms with van der Waals surface area (Å²) in [6.07, 6.45) is 1.77. The van der Waals surface area contributed by atoms with Crippen LogP contribution < -0.4 is 15.7 Å². The second-order valence-corrected chi connectivity index (χ2v) is 9.91. The van der Waals surface area contributed by atoms with E-state index in [1.54, 1.807) is 29.5 Å². The van der Waals surface area contributed by atoms with Gasteiger partial charge >= 0.3 is 5.69 Å². The molecule has 9 heteroatoms. The lowest BCUT2D eigenvalue weighted by atomic mass is 10.0. The van der Waals surface area contributed by atoms with Gasteiger partial charge in [0.2, 0.25) is 5.91 Å². The number of ether oxygens (including phenoxy) is 1. The molecule has 0 bridgehead atoms. The van der Waals surface area contributed by atoms with Crippen LogP contribution in [0.2, 0.25) is 0 Å². The van der Waals surface area contributed by atoms with Crippen molar-refractivity contribution in [3.8, 4) is 16.9 Å². The summed E-state index contributed by atoms with van der Waals surface area (Å²) in [6, 6.07) is 19.8. The number of carbonyl (C=O) groups excluding carboxylic acids is 1. The maximum atomic E-state index is 13.3. The van der Waals surface area contributed by atoms with Crippen LogP contribution in [0.25, 0.3) is 43.3 Å². The van der Waals surface area contributed by atoms with E-state index in [1.165, 1.54) is 18.3 Å². The Labute approximate surface area is 215 Å². The van der Waals surface area contributed by atoms with Crippen LogP contribution >= 0.6 is 11.3 Å². The van der Waals surface area contributed by atoms with E-state index in [4.69, 9.17) is 4.74 Å². The molecule has 0 unspecified atom stereocenters. The Balaban J connectivity index is 1.45. The topological polar surface area (TPSA) is 91.0 Å². The van der Waals surface area contributed by atoms with Crippen LogP contribution in [0.5, 0.6) is 5.75 Å². The third-order valence-corrected chi connectivity index (χ3v) is 7.40. The number of hydrogen-bond acceptors (Lipinski definition) is 6. The van der Waals surface area contributed by atoms with E-state index in [9.17, 15) is 9.59 Å². The number of hydrogen-bond donors (Lipinski definition) is 1. The van der Waals surface area contributed by atoms with Crippen molar-refractivity contribution in [2.24, 2.45) is 7.05 Å². The first-order valence-corrected chi connectivity index (χ1v) is 12.5. The zero-order chi connectivity index (χ0) is 25.7. The maximum Gasteiger partial charge on any atom is 0.329 e. The zero-order valence-electron chi connectivity index (χ0n) is 20.5. The molecule has 0 saturated heterocycles. The molecule has 0 spiro atoms. The molecule has 0 aliphatic carbocycles. The molecule has 3 heterocycles. The number of thiazole rings is 1. The number of nitrogens with one attached hydrogen (secondary N) is 1. The van der Waals surface area contributed by atoms with Crippen molar-refractivity contribution in [1.29, 1.82) is 0 Å². The Morgan fingerprint density at radius 2 is 1.76 bits per heavy atom. The van der Waals surface area contributed by atoms with Crippen molar-refractivity contribution in [2.75, 3.05) is 12.4 Å². The fraction of sp³-hybridized carbons (Fsp3) is 0.143. The molecule has 6 aromatic rings. The van der Waals surface area contributed by atoms with Gasteiger partial charge in [0.25, 0.3) is 0 Å². The summed E-state index contributed by atoms with van der Waals surface area (Å²) in [7, 11) is 3.43. The van der Waals surface area contributed by atoms with E-state index in [2.05, 4.69) is 27.4 Å². The largest absolute Gasteiger partial charge is 0.497 e. The van der Waals surface area contributed by atoms with Gasteiger partial charge in [-0.05, 0) is 53.1 Å². The smallest absolute Gasteiger partial charge is 0.329 e. The van der Waals surface area contributed by atoms with Gasteiger partial charge in [-0.1, -0.05) is 35.6 Å². The molecule has 184 valence electrons. The van der Waals surface area contributed by atoms with Gasteiger partial charge in [0, 0.05) is 19.4 Å². The van der Waals surface area contributed by atoms with Crippen molar-refractivity contribution < 1.29 is 9.53 Å². The van der Waals surface area contributed by atoms with Crippen molar-refractivity contribution in [3.63, 3.8) is 0 Å². The van der Waals surface area contributed by atoms with E-state index in [0.29, 0.717) is 11.7 Å². The van der Waals surface area contributed by atoms with Crippen molar-refractivity contribution in [3.05, 3.63) is 82.9 Å². The number of nitrogens with zero attached hydrogens (tertiary/aromatic N) is 4. The lowest BCUT2D eigenvalue weighted by molar-refractivity contribution is -0.114. The van der Waals surface area contributed by atoms with Crippen molar-refractivity contribution in [2.45, 2.75) is 13.5 Å². The fourth-order valence-electron chi connectivity index (χ4n) is 4.65. The molecular weight excluding hydrogens is 486 g/mol. The number of benzene rings is 3. The van der Waals surface area contributed by atoms with E-state index in [-0.39, 0.29) is 11.6 Å². The molecular formula is C28H23N5O3S. The summed E-state index contributed by atoms with van der Waals surface area (Å²) in [4.78, 5) is 33.8. The number of pyridine rings is 1. The molecule has 0 aliphatic rings. The number of fused-ring (bicyclic) bond motifs is 4. The number of amides is 1. The number of aromatic nitrogens is 4. The number of aryl methyl sites for hydroxylation is 1. The van der Waals surface area contributed by atoms with Gasteiger partial charge < -0.3 is 10.1 Å². The van der Waals surface area contributed by atoms with Gasteiger partial charge in [-0.2, -0.15) is 0 Å². The predicted molar refractivity (Wildman–Crippen MR) is 147 cm³/mol. The highest BCUT2D eigenvalue weighted by Gasteiger charge is 2.16. The maximum absolute atomic E-state index is 13.3. The quantitative estimate of drug-likeness (QED) is 0.346. The Morgan fingerprint density at radius 3 is 2.49 bits per heavy atom. The lowest BCUT2D eigenvalue weighted by Crippen LogP contribution is -2.22. The minimum Gasteiger partial charge on any atom is -0.497 e. The third kappa shape index (κ3) is 4.03. The van der Waals surface area contributed by atoms with Gasteiger partial charge in [0.1, 0.15) is 5.75 Å². The van der Waals surface area contributed by atoms with Gasteiger partial charge in [-0.25, -0.2) is 9.78 Å². The first-order valence-electron chi connectivity index (χ1n) is 11.7. The number of carbonyl (C=O) groups is 1. The Morgan fingerprint density at radius 1 is 1.03 bits per heavy atom. The normalized spacial score (nSPS) is 11.4. The van der Waals surface area contributed by atoms with Crippen LogP contribution in [0, 0.1) is 0 Å². The standard InChI is InChI=1S/C28H23N5O3S/c1-16(34)30-27-31-23-11-7-19(13-25(23)37-27)18-6-10-22-21(12-18)26-24(14-29-22)33(28(35)32(26)2)15-17-4-8-20(36-3)9-5-17/h4-14H,15H2,1-3H3,(H,30,31,34). The van der Waals surface area contributed by atoms with Crippen LogP contribution in [0.4, 0.5) is 5.13 Å². The van der Waals surface area contributed by atoms with Crippen LogP contribution in [0.1, 0.15) is 12.5 Å². The van der Waals surface area contributed by atoms with Gasteiger partial charge in [0.05, 0.1) is 46.6 Å². The van der Waals surface area contributed by atoms with Crippen LogP contribution in [0.15, 0.2) is 71.7 Å². The highest BCUT2D eigenvalue weighted by atomic mass is 32.1. The molecule has 0 fully saturated rings. The molecule has 37 heavy (non-hydrogen) atoms. The highest BCUT2D eigenvalue weighted by molar-refractivity contribution is 7.22. The lowest BCUT2D eigenvalue weighted by Gasteiger charge is -2.07. The molecule has 3 aromatic heterocycles. The van der Waals surface area contributed by atoms with Crippen molar-refractivity contribution in [1.82, 2.24) is 19.1 Å². The molecule has 8 nitrogen and oxygen atoms in total. The average molecular weight is 510 g/mol. The molecule has 1 amide bonds. The summed E-state index contributed by atoms with van der Waals surface area (Å²) in [6.45, 7) is 1.91. The van der Waals surface area contributed by atoms with E-state index >= 15 is 0 Å². The van der Waals surface area contributed by atoms with E-state index < -0.39 is 0 Å². The number of rotatable bonds is 5. The molecule has 0 atom stereocenters. The second-order valence-electron chi connectivity index (χ2n) is 8.88. The zero-order valence-corrected chi connectivity index (χ0v) is 21.3. The van der Waals surface area contributed by atoms with E-state index in [0.717, 1.165) is 54.6 Å². The van der Waals surface area contributed by atoms with Gasteiger partial charge in [-0.15, -0.1) is 0 Å². The minimum atomic E-state index is -0.144. The fourth-order valence-corrected chi connectivity index (χ4v) is 5.60. The van der Waals surface area contributed by atoms with Crippen LogP contribution in [-0.2, 0) is 18.4 Å². The molecule has 0 radical (unpaired) electrons. The molecule has 0 saturated carbocycles. The molecule has 1 N–H and O–H groups in total. The summed E-state index contributed by atoms with van der Waals surface area (Å²) in [5.74, 6) is 0.631. The summed E-state index contributed by atoms with van der Waals surface area (Å²) in [5.41, 5.74) is 6.21. The summed E-state index contributed by atoms with van der Waals surface area (Å²) < 4.78 is 9.68. The second kappa shape index (κ2) is 8.86. The third-order valence-electron chi connectivity index (χ3n) is 6.47.